The van der Waals surface area contributed by atoms with E-state index >= 15 is 4.39 Å². The molecule has 2 atom stereocenters. The number of hydrogen-bond donors (Lipinski definition) is 1. The monoisotopic (exact) mass is 528 g/mol. The highest BCUT2D eigenvalue weighted by Crippen LogP contribution is 2.44. The Labute approximate surface area is 221 Å². The van der Waals surface area contributed by atoms with E-state index in [4.69, 9.17) is 16.3 Å². The number of carbonyl (C=O) groups is 1. The maximum absolute atomic E-state index is 15.5. The molecule has 0 spiro atoms. The Morgan fingerprint density at radius 2 is 1.84 bits per heavy atom. The number of thiophene rings is 1. The van der Waals surface area contributed by atoms with Crippen molar-refractivity contribution >= 4 is 28.1 Å². The number of halogens is 2. The van der Waals surface area contributed by atoms with Gasteiger partial charge in [0.15, 0.2) is 0 Å². The first-order chi connectivity index (χ1) is 18.4. The summed E-state index contributed by atoms with van der Waals surface area (Å²) in [5, 5.41) is 23.0. The molecule has 0 aliphatic carbocycles. The van der Waals surface area contributed by atoms with Crippen LogP contribution in [0.1, 0.15) is 40.9 Å². The number of rotatable bonds is 4. The Balaban J connectivity index is 1.51. The fraction of sp³-hybridized carbons (Fsp3) is 0.286. The topological polar surface area (TPSA) is 112 Å². The molecule has 2 unspecified atom stereocenters. The molecule has 2 bridgehead atoms. The van der Waals surface area contributed by atoms with Crippen molar-refractivity contribution in [2.24, 2.45) is 5.73 Å². The minimum absolute atomic E-state index is 0.00366. The first kappa shape index (κ1) is 24.2. The van der Waals surface area contributed by atoms with Gasteiger partial charge in [0.05, 0.1) is 28.2 Å². The summed E-state index contributed by atoms with van der Waals surface area (Å²) in [7, 11) is 0. The number of amides is 1. The van der Waals surface area contributed by atoms with Gasteiger partial charge in [-0.1, -0.05) is 6.07 Å². The van der Waals surface area contributed by atoms with Gasteiger partial charge < -0.3 is 10.6 Å². The third-order valence-electron chi connectivity index (χ3n) is 7.54. The van der Waals surface area contributed by atoms with E-state index in [0.29, 0.717) is 31.8 Å². The van der Waals surface area contributed by atoms with Crippen LogP contribution in [-0.2, 0) is 6.54 Å². The van der Waals surface area contributed by atoms with Crippen LogP contribution in [0, 0.1) is 34.3 Å². The number of nitriles is 2. The van der Waals surface area contributed by atoms with Crippen molar-refractivity contribution in [3.63, 3.8) is 0 Å². The van der Waals surface area contributed by atoms with Gasteiger partial charge in [-0.2, -0.15) is 15.6 Å². The predicted molar refractivity (Wildman–Crippen MR) is 139 cm³/mol. The van der Waals surface area contributed by atoms with Crippen molar-refractivity contribution in [3.8, 4) is 33.7 Å². The number of nitrogens with zero attached hydrogens (tertiary/aromatic N) is 5. The summed E-state index contributed by atoms with van der Waals surface area (Å²) in [4.78, 5) is 16.6. The molecule has 190 valence electrons. The van der Waals surface area contributed by atoms with Crippen LogP contribution < -0.4 is 5.73 Å². The third-order valence-corrected chi connectivity index (χ3v) is 8.70. The summed E-state index contributed by atoms with van der Waals surface area (Å²) in [5.74, 6) is -1.35. The summed E-state index contributed by atoms with van der Waals surface area (Å²) in [6.45, 7) is -0.00366. The van der Waals surface area contributed by atoms with Crippen LogP contribution in [0.3, 0.4) is 0 Å². The highest BCUT2D eigenvalue weighted by Gasteiger charge is 2.43. The Hall–Kier alpha value is -4.12. The van der Waals surface area contributed by atoms with E-state index in [1.54, 1.807) is 18.2 Å². The fourth-order valence-corrected chi connectivity index (χ4v) is 6.97. The minimum Gasteiger partial charge on any atom is -0.332 e. The summed E-state index contributed by atoms with van der Waals surface area (Å²) in [6.07, 6.45) is 4.82. The van der Waals surface area contributed by atoms with Gasteiger partial charge in [-0.15, -0.1) is 11.3 Å². The summed E-state index contributed by atoms with van der Waals surface area (Å²) in [6, 6.07) is 12.9. The molecule has 2 aliphatic heterocycles. The minimum atomic E-state index is -0.693. The lowest BCUT2D eigenvalue weighted by atomic mass is 9.97. The van der Waals surface area contributed by atoms with Crippen LogP contribution in [0.5, 0.6) is 0 Å². The van der Waals surface area contributed by atoms with E-state index in [-0.39, 0.29) is 41.7 Å². The molecule has 4 heterocycles. The number of benzene rings is 2. The number of nitrogens with two attached hydrogens (primary N) is 1. The number of piperidine rings is 1. The second kappa shape index (κ2) is 9.32. The van der Waals surface area contributed by atoms with Gasteiger partial charge >= 0.3 is 0 Å². The van der Waals surface area contributed by atoms with Crippen molar-refractivity contribution in [2.45, 2.75) is 50.4 Å². The van der Waals surface area contributed by atoms with Crippen LogP contribution >= 0.6 is 11.3 Å². The first-order valence-electron chi connectivity index (χ1n) is 12.3. The van der Waals surface area contributed by atoms with Crippen LogP contribution in [0.15, 0.2) is 42.6 Å². The van der Waals surface area contributed by atoms with Crippen molar-refractivity contribution in [3.05, 3.63) is 64.7 Å². The van der Waals surface area contributed by atoms with Gasteiger partial charge in [0, 0.05) is 39.5 Å². The molecule has 2 fully saturated rings. The third kappa shape index (κ3) is 3.94. The zero-order chi connectivity index (χ0) is 26.6. The molecule has 2 aromatic carbocycles. The van der Waals surface area contributed by atoms with Gasteiger partial charge in [0.1, 0.15) is 24.2 Å². The molecule has 2 aromatic heterocycles. The maximum atomic E-state index is 15.5. The molecule has 2 N–H and O–H groups in total. The van der Waals surface area contributed by atoms with Crippen LogP contribution in [0.4, 0.5) is 8.78 Å². The Morgan fingerprint density at radius 3 is 2.53 bits per heavy atom. The summed E-state index contributed by atoms with van der Waals surface area (Å²) >= 11 is 1.16. The highest BCUT2D eigenvalue weighted by molar-refractivity contribution is 7.18. The molecule has 4 aromatic rings. The average Bonchev–Trinajstić information content (AvgIpc) is 3.58. The lowest BCUT2D eigenvalue weighted by Gasteiger charge is -2.37. The van der Waals surface area contributed by atoms with Gasteiger partial charge in [-0.05, 0) is 61.6 Å². The Morgan fingerprint density at radius 1 is 1.08 bits per heavy atom. The molecule has 1 amide bonds. The predicted octanol–water partition coefficient (Wildman–Crippen LogP) is 5.20. The zero-order valence-corrected chi connectivity index (χ0v) is 21.0. The SMILES string of the molecule is N#CCn1ncc2cc(F)c(-c3sc(C(=O)N4C5CCC4CC(N)C5)cc3-c3ccc(C#N)c(F)c3)cc21. The van der Waals surface area contributed by atoms with E-state index in [9.17, 15) is 9.18 Å². The van der Waals surface area contributed by atoms with Crippen LogP contribution in [-0.4, -0.2) is 38.7 Å². The second-order valence-corrected chi connectivity index (χ2v) is 10.9. The molecule has 0 saturated carbocycles. The van der Waals surface area contributed by atoms with Gasteiger partial charge in [0.2, 0.25) is 0 Å². The number of hydrogen-bond acceptors (Lipinski definition) is 6. The molecular weight excluding hydrogens is 506 g/mol. The van der Waals surface area contributed by atoms with Crippen molar-refractivity contribution in [1.82, 2.24) is 14.7 Å². The second-order valence-electron chi connectivity index (χ2n) is 9.84. The lowest BCUT2D eigenvalue weighted by molar-refractivity contribution is 0.0580. The van der Waals surface area contributed by atoms with Gasteiger partial charge in [0.25, 0.3) is 5.91 Å². The molecule has 7 nitrogen and oxygen atoms in total. The van der Waals surface area contributed by atoms with E-state index in [0.717, 1.165) is 37.0 Å². The standard InChI is InChI=1S/C28H22F2N6OS/c29-23-7-15(1-2-16(23)13-32)21-12-26(28(37)36-19-3-4-20(36)10-18(33)9-19)38-27(21)22-11-25-17(8-24(22)30)14-34-35(25)6-5-31/h1-2,7-8,11-12,14,18-20H,3-4,6,9-10,33H2. The quantitative estimate of drug-likeness (QED) is 0.391. The fourth-order valence-electron chi connectivity index (χ4n) is 5.83. The summed E-state index contributed by atoms with van der Waals surface area (Å²) in [5.41, 5.74) is 7.82. The van der Waals surface area contributed by atoms with E-state index in [2.05, 4.69) is 5.10 Å². The van der Waals surface area contributed by atoms with Crippen LogP contribution in [0.2, 0.25) is 0 Å². The Bertz CT molecular complexity index is 1670. The maximum Gasteiger partial charge on any atom is 0.264 e. The van der Waals surface area contributed by atoms with E-state index in [1.165, 1.54) is 29.1 Å². The molecule has 38 heavy (non-hydrogen) atoms. The lowest BCUT2D eigenvalue weighted by Crippen LogP contribution is -2.49. The molecule has 0 radical (unpaired) electrons. The molecule has 2 saturated heterocycles. The van der Waals surface area contributed by atoms with Crippen LogP contribution in [0.25, 0.3) is 32.5 Å². The number of aromatic nitrogens is 2. The first-order valence-corrected chi connectivity index (χ1v) is 13.1. The highest BCUT2D eigenvalue weighted by atomic mass is 32.1. The molecule has 2 aliphatic rings. The largest absolute Gasteiger partial charge is 0.332 e. The summed E-state index contributed by atoms with van der Waals surface area (Å²) < 4.78 is 31.6. The van der Waals surface area contributed by atoms with Gasteiger partial charge in [-0.3, -0.25) is 9.48 Å². The molecular formula is C28H22F2N6OS. The average molecular weight is 529 g/mol. The van der Waals surface area contributed by atoms with E-state index < -0.39 is 11.6 Å². The molecule has 6 rings (SSSR count). The normalized spacial score (nSPS) is 20.4. The number of carbonyl (C=O) groups excluding carboxylic acids is 1. The molecule has 10 heteroatoms. The van der Waals surface area contributed by atoms with Crippen molar-refractivity contribution in [2.75, 3.05) is 0 Å². The number of fused-ring (bicyclic) bond motifs is 3. The van der Waals surface area contributed by atoms with Gasteiger partial charge in [-0.25, -0.2) is 8.78 Å². The Kier molecular flexibility index (Phi) is 5.94. The zero-order valence-electron chi connectivity index (χ0n) is 20.2. The van der Waals surface area contributed by atoms with E-state index in [1.807, 2.05) is 17.0 Å². The smallest absolute Gasteiger partial charge is 0.264 e. The van der Waals surface area contributed by atoms with Crippen molar-refractivity contribution < 1.29 is 13.6 Å². The van der Waals surface area contributed by atoms with Crippen molar-refractivity contribution in [1.29, 1.82) is 10.5 Å².